The second-order valence-electron chi connectivity index (χ2n) is 6.97. The molecule has 2 saturated heterocycles. The van der Waals surface area contributed by atoms with Gasteiger partial charge in [0.25, 0.3) is 5.91 Å². The summed E-state index contributed by atoms with van der Waals surface area (Å²) in [6.45, 7) is 3.41. The van der Waals surface area contributed by atoms with Crippen molar-refractivity contribution in [3.8, 4) is 11.5 Å². The normalized spacial score (nSPS) is 24.6. The summed E-state index contributed by atoms with van der Waals surface area (Å²) < 4.78 is 11.4. The van der Waals surface area contributed by atoms with E-state index in [1.54, 1.807) is 0 Å². The standard InChI is InChI=1S/C18H23N3O4/c19-17(22)12-5-7-20(8-6-12)13-9-21(10-13)18(23)16-11-24-14-3-1-2-4-15(14)25-16/h1-4,12-13,16H,5-11H2,(H2,19,22). The molecule has 0 spiro atoms. The zero-order valence-electron chi connectivity index (χ0n) is 14.1. The van der Waals surface area contributed by atoms with Crippen LogP contribution in [0.3, 0.4) is 0 Å². The number of para-hydroxylation sites is 2. The highest BCUT2D eigenvalue weighted by Crippen LogP contribution is 2.32. The average Bonchev–Trinajstić information content (AvgIpc) is 2.60. The molecule has 4 rings (SSSR count). The molecule has 3 aliphatic heterocycles. The summed E-state index contributed by atoms with van der Waals surface area (Å²) >= 11 is 0. The van der Waals surface area contributed by atoms with Crippen molar-refractivity contribution in [2.75, 3.05) is 32.8 Å². The number of piperidine rings is 1. The topological polar surface area (TPSA) is 85.1 Å². The van der Waals surface area contributed by atoms with E-state index in [9.17, 15) is 9.59 Å². The van der Waals surface area contributed by atoms with E-state index in [1.165, 1.54) is 0 Å². The fraction of sp³-hybridized carbons (Fsp3) is 0.556. The highest BCUT2D eigenvalue weighted by molar-refractivity contribution is 5.82. The molecule has 7 heteroatoms. The number of nitrogens with zero attached hydrogens (tertiary/aromatic N) is 2. The number of amides is 2. The van der Waals surface area contributed by atoms with Crippen molar-refractivity contribution in [1.82, 2.24) is 9.80 Å². The number of carbonyl (C=O) groups excluding carboxylic acids is 2. The minimum absolute atomic E-state index is 0.00178. The molecule has 2 N–H and O–H groups in total. The van der Waals surface area contributed by atoms with Crippen molar-refractivity contribution in [3.63, 3.8) is 0 Å². The highest BCUT2D eigenvalue weighted by atomic mass is 16.6. The summed E-state index contributed by atoms with van der Waals surface area (Å²) in [4.78, 5) is 28.0. The van der Waals surface area contributed by atoms with Gasteiger partial charge in [0, 0.05) is 25.0 Å². The number of benzene rings is 1. The molecule has 0 aromatic heterocycles. The van der Waals surface area contributed by atoms with Crippen molar-refractivity contribution in [2.24, 2.45) is 11.7 Å². The quantitative estimate of drug-likeness (QED) is 0.848. The Kier molecular flexibility index (Phi) is 4.25. The van der Waals surface area contributed by atoms with Gasteiger partial charge in [-0.2, -0.15) is 0 Å². The summed E-state index contributed by atoms with van der Waals surface area (Å²) in [7, 11) is 0. The molecular formula is C18H23N3O4. The van der Waals surface area contributed by atoms with Gasteiger partial charge in [-0.05, 0) is 38.1 Å². The van der Waals surface area contributed by atoms with Crippen LogP contribution in [0.5, 0.6) is 11.5 Å². The summed E-state index contributed by atoms with van der Waals surface area (Å²) in [6.07, 6.45) is 1.06. The van der Waals surface area contributed by atoms with Crippen LogP contribution in [0.4, 0.5) is 0 Å². The van der Waals surface area contributed by atoms with Gasteiger partial charge < -0.3 is 20.1 Å². The first-order valence-electron chi connectivity index (χ1n) is 8.82. The lowest BCUT2D eigenvalue weighted by Gasteiger charge is -2.48. The van der Waals surface area contributed by atoms with Gasteiger partial charge >= 0.3 is 0 Å². The van der Waals surface area contributed by atoms with E-state index in [0.29, 0.717) is 30.6 Å². The molecule has 3 aliphatic rings. The van der Waals surface area contributed by atoms with Crippen LogP contribution in [-0.2, 0) is 9.59 Å². The van der Waals surface area contributed by atoms with Gasteiger partial charge in [-0.3, -0.25) is 14.5 Å². The molecule has 1 aromatic carbocycles. The van der Waals surface area contributed by atoms with Gasteiger partial charge in [-0.25, -0.2) is 0 Å². The van der Waals surface area contributed by atoms with E-state index in [2.05, 4.69) is 4.90 Å². The lowest BCUT2D eigenvalue weighted by Crippen LogP contribution is -2.64. The number of rotatable bonds is 3. The van der Waals surface area contributed by atoms with Crippen molar-refractivity contribution in [2.45, 2.75) is 25.0 Å². The van der Waals surface area contributed by atoms with Gasteiger partial charge in [0.1, 0.15) is 6.61 Å². The van der Waals surface area contributed by atoms with Crippen LogP contribution in [0, 0.1) is 5.92 Å². The Hall–Kier alpha value is -2.28. The third-order valence-corrected chi connectivity index (χ3v) is 5.41. The largest absolute Gasteiger partial charge is 0.485 e. The fourth-order valence-electron chi connectivity index (χ4n) is 3.76. The van der Waals surface area contributed by atoms with E-state index in [-0.39, 0.29) is 24.3 Å². The highest BCUT2D eigenvalue weighted by Gasteiger charge is 2.40. The number of hydrogen-bond donors (Lipinski definition) is 1. The number of ether oxygens (including phenoxy) is 2. The number of nitrogens with two attached hydrogens (primary N) is 1. The molecule has 2 amide bonds. The smallest absolute Gasteiger partial charge is 0.267 e. The predicted octanol–water partition coefficient (Wildman–Crippen LogP) is 0.235. The Balaban J connectivity index is 1.27. The molecule has 134 valence electrons. The third kappa shape index (κ3) is 3.16. The predicted molar refractivity (Wildman–Crippen MR) is 90.2 cm³/mol. The first-order valence-corrected chi connectivity index (χ1v) is 8.82. The second-order valence-corrected chi connectivity index (χ2v) is 6.97. The van der Waals surface area contributed by atoms with Gasteiger partial charge in [0.05, 0.1) is 0 Å². The summed E-state index contributed by atoms with van der Waals surface area (Å²) in [5.41, 5.74) is 5.38. The molecule has 0 bridgehead atoms. The summed E-state index contributed by atoms with van der Waals surface area (Å²) in [5, 5.41) is 0. The number of likely N-dealkylation sites (tertiary alicyclic amines) is 2. The van der Waals surface area contributed by atoms with Gasteiger partial charge in [0.15, 0.2) is 11.5 Å². The van der Waals surface area contributed by atoms with Crippen LogP contribution < -0.4 is 15.2 Å². The number of carbonyl (C=O) groups is 2. The van der Waals surface area contributed by atoms with E-state index in [4.69, 9.17) is 15.2 Å². The number of fused-ring (bicyclic) bond motifs is 1. The Morgan fingerprint density at radius 3 is 2.44 bits per heavy atom. The Morgan fingerprint density at radius 2 is 1.76 bits per heavy atom. The molecular weight excluding hydrogens is 322 g/mol. The van der Waals surface area contributed by atoms with Gasteiger partial charge in [0.2, 0.25) is 12.0 Å². The molecule has 2 fully saturated rings. The summed E-state index contributed by atoms with van der Waals surface area (Å²) in [5.74, 6) is 1.10. The maximum absolute atomic E-state index is 12.6. The molecule has 1 unspecified atom stereocenters. The molecule has 0 radical (unpaired) electrons. The van der Waals surface area contributed by atoms with Crippen LogP contribution in [0.25, 0.3) is 0 Å². The molecule has 1 aromatic rings. The van der Waals surface area contributed by atoms with Crippen molar-refractivity contribution in [1.29, 1.82) is 0 Å². The molecule has 7 nitrogen and oxygen atoms in total. The van der Waals surface area contributed by atoms with Crippen molar-refractivity contribution in [3.05, 3.63) is 24.3 Å². The van der Waals surface area contributed by atoms with Gasteiger partial charge in [-0.15, -0.1) is 0 Å². The first-order chi connectivity index (χ1) is 12.1. The third-order valence-electron chi connectivity index (χ3n) is 5.41. The Bertz CT molecular complexity index is 666. The SMILES string of the molecule is NC(=O)C1CCN(C2CN(C(=O)C3COc4ccccc4O3)C2)CC1. The first kappa shape index (κ1) is 16.2. The van der Waals surface area contributed by atoms with Crippen LogP contribution >= 0.6 is 0 Å². The zero-order valence-corrected chi connectivity index (χ0v) is 14.1. The average molecular weight is 345 g/mol. The van der Waals surface area contributed by atoms with Crippen molar-refractivity contribution >= 4 is 11.8 Å². The Morgan fingerprint density at radius 1 is 1.08 bits per heavy atom. The Labute approximate surface area is 146 Å². The summed E-state index contributed by atoms with van der Waals surface area (Å²) in [6, 6.07) is 7.77. The number of hydrogen-bond acceptors (Lipinski definition) is 5. The molecule has 25 heavy (non-hydrogen) atoms. The maximum atomic E-state index is 12.6. The van der Waals surface area contributed by atoms with E-state index in [1.807, 2.05) is 29.2 Å². The van der Waals surface area contributed by atoms with E-state index < -0.39 is 6.10 Å². The number of primary amides is 1. The van der Waals surface area contributed by atoms with Crippen molar-refractivity contribution < 1.29 is 19.1 Å². The minimum Gasteiger partial charge on any atom is -0.485 e. The lowest BCUT2D eigenvalue weighted by atomic mass is 9.93. The minimum atomic E-state index is -0.573. The second kappa shape index (κ2) is 6.55. The van der Waals surface area contributed by atoms with Crippen LogP contribution in [0.2, 0.25) is 0 Å². The van der Waals surface area contributed by atoms with Crippen LogP contribution in [0.15, 0.2) is 24.3 Å². The van der Waals surface area contributed by atoms with E-state index >= 15 is 0 Å². The monoisotopic (exact) mass is 345 g/mol. The molecule has 1 atom stereocenters. The fourth-order valence-corrected chi connectivity index (χ4v) is 3.76. The molecule has 3 heterocycles. The maximum Gasteiger partial charge on any atom is 0.267 e. The van der Waals surface area contributed by atoms with E-state index in [0.717, 1.165) is 25.9 Å². The molecule has 0 saturated carbocycles. The molecule has 0 aliphatic carbocycles. The van der Waals surface area contributed by atoms with Crippen LogP contribution in [-0.4, -0.2) is 66.5 Å². The lowest BCUT2D eigenvalue weighted by molar-refractivity contribution is -0.149. The van der Waals surface area contributed by atoms with Gasteiger partial charge in [-0.1, -0.05) is 12.1 Å². The van der Waals surface area contributed by atoms with Crippen LogP contribution in [0.1, 0.15) is 12.8 Å². The zero-order chi connectivity index (χ0) is 17.4.